The Morgan fingerprint density at radius 2 is 1.65 bits per heavy atom. The maximum absolute atomic E-state index is 9.01. The summed E-state index contributed by atoms with van der Waals surface area (Å²) < 4.78 is 0. The molecular formula is C17H34N2O. The standard InChI is InChI=1S/C17H34N2O/c1-2-3-4-5-6-7-8-9-11-16(12-10-15-20)17-18-13-14-19-17/h16,20H,2-15H2,1H3,(H,18,19). The van der Waals surface area contributed by atoms with E-state index in [0.717, 1.165) is 25.9 Å². The molecule has 0 fully saturated rings. The topological polar surface area (TPSA) is 44.6 Å². The van der Waals surface area contributed by atoms with Gasteiger partial charge < -0.3 is 10.4 Å². The number of nitrogens with one attached hydrogen (secondary N) is 1. The Labute approximate surface area is 125 Å². The van der Waals surface area contributed by atoms with E-state index in [1.165, 1.54) is 63.6 Å². The van der Waals surface area contributed by atoms with Crippen molar-refractivity contribution in [1.82, 2.24) is 5.32 Å². The van der Waals surface area contributed by atoms with E-state index in [1.807, 2.05) is 0 Å². The Kier molecular flexibility index (Phi) is 10.7. The minimum Gasteiger partial charge on any atom is -0.396 e. The average Bonchev–Trinajstić information content (AvgIpc) is 2.99. The predicted molar refractivity (Wildman–Crippen MR) is 87.3 cm³/mol. The number of amidine groups is 1. The van der Waals surface area contributed by atoms with Gasteiger partial charge in [-0.2, -0.15) is 0 Å². The Hall–Kier alpha value is -0.570. The van der Waals surface area contributed by atoms with Crippen LogP contribution in [-0.4, -0.2) is 30.6 Å². The van der Waals surface area contributed by atoms with Gasteiger partial charge in [0.25, 0.3) is 0 Å². The second kappa shape index (κ2) is 12.2. The van der Waals surface area contributed by atoms with Crippen LogP contribution in [0.15, 0.2) is 4.99 Å². The van der Waals surface area contributed by atoms with Crippen LogP contribution in [0.1, 0.15) is 77.6 Å². The van der Waals surface area contributed by atoms with Crippen LogP contribution < -0.4 is 5.32 Å². The first kappa shape index (κ1) is 17.5. The molecule has 3 heteroatoms. The minimum atomic E-state index is 0.307. The number of unbranched alkanes of at least 4 members (excludes halogenated alkanes) is 7. The molecule has 0 radical (unpaired) electrons. The van der Waals surface area contributed by atoms with E-state index in [9.17, 15) is 0 Å². The third kappa shape index (κ3) is 7.88. The molecule has 1 atom stereocenters. The van der Waals surface area contributed by atoms with E-state index in [2.05, 4.69) is 17.2 Å². The molecule has 0 spiro atoms. The van der Waals surface area contributed by atoms with Crippen LogP contribution in [0.3, 0.4) is 0 Å². The summed E-state index contributed by atoms with van der Waals surface area (Å²) in [5, 5.41) is 12.4. The average molecular weight is 282 g/mol. The number of nitrogens with zero attached hydrogens (tertiary/aromatic N) is 1. The van der Waals surface area contributed by atoms with E-state index in [1.54, 1.807) is 0 Å². The molecule has 0 bridgehead atoms. The zero-order valence-corrected chi connectivity index (χ0v) is 13.4. The first-order valence-corrected chi connectivity index (χ1v) is 8.77. The fourth-order valence-corrected chi connectivity index (χ4v) is 2.97. The summed E-state index contributed by atoms with van der Waals surface area (Å²) >= 11 is 0. The van der Waals surface area contributed by atoms with Gasteiger partial charge >= 0.3 is 0 Å². The Morgan fingerprint density at radius 3 is 2.25 bits per heavy atom. The van der Waals surface area contributed by atoms with Crippen molar-refractivity contribution < 1.29 is 5.11 Å². The summed E-state index contributed by atoms with van der Waals surface area (Å²) in [5.41, 5.74) is 0. The fourth-order valence-electron chi connectivity index (χ4n) is 2.97. The molecule has 0 aromatic rings. The molecule has 1 rings (SSSR count). The van der Waals surface area contributed by atoms with Gasteiger partial charge in [0.05, 0.1) is 12.4 Å². The predicted octanol–water partition coefficient (Wildman–Crippen LogP) is 3.91. The van der Waals surface area contributed by atoms with E-state index < -0.39 is 0 Å². The Balaban J connectivity index is 2.06. The molecule has 1 aliphatic rings. The van der Waals surface area contributed by atoms with Crippen molar-refractivity contribution in [3.63, 3.8) is 0 Å². The van der Waals surface area contributed by atoms with Gasteiger partial charge in [-0.25, -0.2) is 0 Å². The van der Waals surface area contributed by atoms with Gasteiger partial charge in [0, 0.05) is 19.1 Å². The number of aliphatic imine (C=N–C) groups is 1. The number of aliphatic hydroxyl groups is 1. The molecule has 2 N–H and O–H groups in total. The molecule has 1 heterocycles. The molecule has 118 valence electrons. The van der Waals surface area contributed by atoms with Crippen LogP contribution in [-0.2, 0) is 0 Å². The molecule has 0 saturated carbocycles. The number of aliphatic hydroxyl groups excluding tert-OH is 1. The highest BCUT2D eigenvalue weighted by Crippen LogP contribution is 2.19. The van der Waals surface area contributed by atoms with Crippen molar-refractivity contribution in [2.75, 3.05) is 19.7 Å². The Morgan fingerprint density at radius 1 is 1.00 bits per heavy atom. The zero-order valence-electron chi connectivity index (χ0n) is 13.4. The van der Waals surface area contributed by atoms with Crippen LogP contribution in [0, 0.1) is 5.92 Å². The lowest BCUT2D eigenvalue weighted by Crippen LogP contribution is -2.27. The molecule has 0 aromatic heterocycles. The van der Waals surface area contributed by atoms with E-state index in [0.29, 0.717) is 12.5 Å². The summed E-state index contributed by atoms with van der Waals surface area (Å²) in [6, 6.07) is 0. The highest BCUT2D eigenvalue weighted by molar-refractivity contribution is 5.85. The number of hydrogen-bond donors (Lipinski definition) is 2. The largest absolute Gasteiger partial charge is 0.396 e. The lowest BCUT2D eigenvalue weighted by atomic mass is 9.94. The second-order valence-corrected chi connectivity index (χ2v) is 6.02. The maximum atomic E-state index is 9.01. The van der Waals surface area contributed by atoms with Gasteiger partial charge in [0.1, 0.15) is 0 Å². The van der Waals surface area contributed by atoms with Crippen LogP contribution >= 0.6 is 0 Å². The lowest BCUT2D eigenvalue weighted by Gasteiger charge is -2.17. The molecule has 0 aliphatic carbocycles. The van der Waals surface area contributed by atoms with Crippen molar-refractivity contribution in [2.24, 2.45) is 10.9 Å². The summed E-state index contributed by atoms with van der Waals surface area (Å²) in [6.07, 6.45) is 14.2. The smallest absolute Gasteiger partial charge is 0.0995 e. The molecule has 1 aliphatic heterocycles. The van der Waals surface area contributed by atoms with E-state index in [-0.39, 0.29) is 0 Å². The van der Waals surface area contributed by atoms with Crippen LogP contribution in [0.5, 0.6) is 0 Å². The summed E-state index contributed by atoms with van der Waals surface area (Å²) in [5.74, 6) is 1.77. The van der Waals surface area contributed by atoms with Crippen LogP contribution in [0.25, 0.3) is 0 Å². The van der Waals surface area contributed by atoms with Crippen molar-refractivity contribution in [3.8, 4) is 0 Å². The fraction of sp³-hybridized carbons (Fsp3) is 0.941. The number of rotatable bonds is 13. The van der Waals surface area contributed by atoms with E-state index >= 15 is 0 Å². The molecule has 0 amide bonds. The second-order valence-electron chi connectivity index (χ2n) is 6.02. The molecule has 0 saturated heterocycles. The highest BCUT2D eigenvalue weighted by Gasteiger charge is 2.17. The van der Waals surface area contributed by atoms with Gasteiger partial charge in [-0.3, -0.25) is 4.99 Å². The highest BCUT2D eigenvalue weighted by atomic mass is 16.2. The van der Waals surface area contributed by atoms with Crippen molar-refractivity contribution in [1.29, 1.82) is 0 Å². The summed E-state index contributed by atoms with van der Waals surface area (Å²) in [4.78, 5) is 4.56. The first-order chi connectivity index (χ1) is 9.88. The first-order valence-electron chi connectivity index (χ1n) is 8.77. The normalized spacial score (nSPS) is 16.0. The summed E-state index contributed by atoms with van der Waals surface area (Å²) in [7, 11) is 0. The maximum Gasteiger partial charge on any atom is 0.0995 e. The zero-order chi connectivity index (χ0) is 14.5. The monoisotopic (exact) mass is 282 g/mol. The van der Waals surface area contributed by atoms with Gasteiger partial charge in [-0.15, -0.1) is 0 Å². The molecule has 3 nitrogen and oxygen atoms in total. The van der Waals surface area contributed by atoms with Crippen molar-refractivity contribution in [2.45, 2.75) is 77.6 Å². The number of hydrogen-bond acceptors (Lipinski definition) is 3. The quantitative estimate of drug-likeness (QED) is 0.503. The van der Waals surface area contributed by atoms with Gasteiger partial charge in [-0.1, -0.05) is 58.3 Å². The van der Waals surface area contributed by atoms with Gasteiger partial charge in [-0.05, 0) is 19.3 Å². The third-order valence-corrected chi connectivity index (χ3v) is 4.20. The van der Waals surface area contributed by atoms with E-state index in [4.69, 9.17) is 5.11 Å². The Bertz CT molecular complexity index is 253. The molecule has 1 unspecified atom stereocenters. The molecule has 20 heavy (non-hydrogen) atoms. The lowest BCUT2D eigenvalue weighted by molar-refractivity contribution is 0.276. The van der Waals surface area contributed by atoms with Gasteiger partial charge in [0.2, 0.25) is 0 Å². The van der Waals surface area contributed by atoms with Crippen LogP contribution in [0.4, 0.5) is 0 Å². The minimum absolute atomic E-state index is 0.307. The van der Waals surface area contributed by atoms with Crippen molar-refractivity contribution in [3.05, 3.63) is 0 Å². The molecular weight excluding hydrogens is 248 g/mol. The van der Waals surface area contributed by atoms with Crippen molar-refractivity contribution >= 4 is 5.84 Å². The third-order valence-electron chi connectivity index (χ3n) is 4.20. The SMILES string of the molecule is CCCCCCCCCCC(CCCO)C1=NCCN1. The van der Waals surface area contributed by atoms with Gasteiger partial charge in [0.15, 0.2) is 0 Å². The van der Waals surface area contributed by atoms with Crippen LogP contribution in [0.2, 0.25) is 0 Å². The molecule has 0 aromatic carbocycles. The summed E-state index contributed by atoms with van der Waals surface area (Å²) in [6.45, 7) is 4.51.